The number of nitrogens with zero attached hydrogens (tertiary/aromatic N) is 1. The number of non-ortho nitro benzene ring substituents is 1. The smallest absolute Gasteiger partial charge is 0.269 e. The van der Waals surface area contributed by atoms with Gasteiger partial charge in [-0.2, -0.15) is 0 Å². The molecule has 6 nitrogen and oxygen atoms in total. The molecular weight excluding hydrogens is 323 g/mol. The van der Waals surface area contributed by atoms with E-state index in [0.29, 0.717) is 4.90 Å². The van der Waals surface area contributed by atoms with E-state index in [9.17, 15) is 24.1 Å². The van der Waals surface area contributed by atoms with Gasteiger partial charge >= 0.3 is 0 Å². The molecule has 1 aliphatic rings. The van der Waals surface area contributed by atoms with E-state index in [1.165, 1.54) is 36.4 Å². The molecule has 1 atom stereocenters. The normalized spacial score (nSPS) is 16.0. The Hall–Kier alpha value is -2.74. The molecule has 116 valence electrons. The van der Waals surface area contributed by atoms with Crippen LogP contribution in [0.4, 0.5) is 15.8 Å². The van der Waals surface area contributed by atoms with E-state index < -0.39 is 27.7 Å². The maximum Gasteiger partial charge on any atom is 0.269 e. The monoisotopic (exact) mass is 332 g/mol. The Morgan fingerprint density at radius 1 is 1.26 bits per heavy atom. The van der Waals surface area contributed by atoms with Crippen molar-refractivity contribution in [1.29, 1.82) is 0 Å². The van der Waals surface area contributed by atoms with E-state index in [4.69, 9.17) is 0 Å². The van der Waals surface area contributed by atoms with Gasteiger partial charge in [-0.3, -0.25) is 19.7 Å². The first kappa shape index (κ1) is 15.2. The maximum absolute atomic E-state index is 13.6. The zero-order chi connectivity index (χ0) is 16.6. The lowest BCUT2D eigenvalue weighted by molar-refractivity contribution is -0.385. The first-order chi connectivity index (χ1) is 11.0. The summed E-state index contributed by atoms with van der Waals surface area (Å²) in [5.41, 5.74) is 0.0139. The minimum absolute atomic E-state index is 0.0471. The Balaban J connectivity index is 1.93. The van der Waals surface area contributed by atoms with Crippen molar-refractivity contribution in [1.82, 2.24) is 0 Å². The lowest BCUT2D eigenvalue weighted by Crippen LogP contribution is -2.24. The van der Waals surface area contributed by atoms with Crippen molar-refractivity contribution < 1.29 is 18.9 Å². The second-order valence-corrected chi connectivity index (χ2v) is 5.85. The number of carbonyl (C=O) groups is 2. The Morgan fingerprint density at radius 3 is 2.70 bits per heavy atom. The van der Waals surface area contributed by atoms with Gasteiger partial charge in [-0.05, 0) is 23.8 Å². The van der Waals surface area contributed by atoms with E-state index in [2.05, 4.69) is 5.32 Å². The lowest BCUT2D eigenvalue weighted by Gasteiger charge is -2.11. The average Bonchev–Trinajstić information content (AvgIpc) is 2.84. The summed E-state index contributed by atoms with van der Waals surface area (Å²) in [5, 5.41) is 12.8. The van der Waals surface area contributed by atoms with E-state index in [1.807, 2.05) is 0 Å². The summed E-state index contributed by atoms with van der Waals surface area (Å²) >= 11 is 0.847. The van der Waals surface area contributed by atoms with Crippen molar-refractivity contribution >= 4 is 34.2 Å². The Kier molecular flexibility index (Phi) is 3.83. The molecule has 0 aromatic heterocycles. The highest BCUT2D eigenvalue weighted by atomic mass is 32.2. The highest BCUT2D eigenvalue weighted by molar-refractivity contribution is 8.14. The number of thioether (sulfide) groups is 1. The molecule has 0 radical (unpaired) electrons. The van der Waals surface area contributed by atoms with Crippen LogP contribution in [0, 0.1) is 15.9 Å². The van der Waals surface area contributed by atoms with Crippen LogP contribution in [0.15, 0.2) is 47.4 Å². The molecular formula is C15H9FN2O4S. The molecule has 1 N–H and O–H groups in total. The van der Waals surface area contributed by atoms with Crippen LogP contribution in [-0.2, 0) is 9.59 Å². The number of nitro groups is 1. The predicted octanol–water partition coefficient (Wildman–Crippen LogP) is 3.09. The number of hydrogen-bond donors (Lipinski definition) is 1. The largest absolute Gasteiger partial charge is 0.323 e. The lowest BCUT2D eigenvalue weighted by atomic mass is 9.99. The van der Waals surface area contributed by atoms with Gasteiger partial charge in [0, 0.05) is 17.0 Å². The second-order valence-electron chi connectivity index (χ2n) is 4.80. The van der Waals surface area contributed by atoms with Crippen LogP contribution in [0.5, 0.6) is 0 Å². The van der Waals surface area contributed by atoms with Gasteiger partial charge in [-0.1, -0.05) is 23.9 Å². The summed E-state index contributed by atoms with van der Waals surface area (Å²) < 4.78 is 13.6. The molecule has 0 fully saturated rings. The summed E-state index contributed by atoms with van der Waals surface area (Å²) in [6, 6.07) is 9.48. The minimum atomic E-state index is -1.20. The number of para-hydroxylation sites is 1. The van der Waals surface area contributed by atoms with Crippen LogP contribution in [0.1, 0.15) is 11.5 Å². The zero-order valence-electron chi connectivity index (χ0n) is 11.5. The van der Waals surface area contributed by atoms with Crippen LogP contribution < -0.4 is 5.32 Å². The quantitative estimate of drug-likeness (QED) is 0.530. The molecule has 23 heavy (non-hydrogen) atoms. The van der Waals surface area contributed by atoms with Gasteiger partial charge in [0.15, 0.2) is 0 Å². The van der Waals surface area contributed by atoms with Gasteiger partial charge in [-0.15, -0.1) is 0 Å². The second kappa shape index (κ2) is 5.81. The van der Waals surface area contributed by atoms with Crippen LogP contribution >= 0.6 is 11.8 Å². The van der Waals surface area contributed by atoms with E-state index in [1.54, 1.807) is 6.07 Å². The number of fused-ring (bicyclic) bond motifs is 1. The van der Waals surface area contributed by atoms with Crippen molar-refractivity contribution in [2.75, 3.05) is 5.32 Å². The number of anilines is 1. The van der Waals surface area contributed by atoms with Crippen molar-refractivity contribution in [2.24, 2.45) is 0 Å². The Bertz CT molecular complexity index is 840. The van der Waals surface area contributed by atoms with Gasteiger partial charge in [0.05, 0.1) is 10.6 Å². The summed E-state index contributed by atoms with van der Waals surface area (Å²) in [4.78, 5) is 35.2. The molecule has 1 aliphatic heterocycles. The topological polar surface area (TPSA) is 89.3 Å². The Labute approximate surface area is 133 Å². The van der Waals surface area contributed by atoms with E-state index >= 15 is 0 Å². The van der Waals surface area contributed by atoms with Crippen molar-refractivity contribution in [2.45, 2.75) is 10.8 Å². The first-order valence-corrected chi connectivity index (χ1v) is 7.34. The zero-order valence-corrected chi connectivity index (χ0v) is 12.3. The van der Waals surface area contributed by atoms with E-state index in [-0.39, 0.29) is 16.9 Å². The maximum atomic E-state index is 13.6. The number of amides is 1. The number of nitro benzene ring substituents is 1. The first-order valence-electron chi connectivity index (χ1n) is 6.53. The molecule has 0 bridgehead atoms. The molecule has 8 heteroatoms. The molecule has 1 amide bonds. The fourth-order valence-corrected chi connectivity index (χ4v) is 3.28. The number of benzene rings is 2. The van der Waals surface area contributed by atoms with Crippen molar-refractivity contribution in [3.05, 3.63) is 64.0 Å². The van der Waals surface area contributed by atoms with Gasteiger partial charge in [-0.25, -0.2) is 4.39 Å². The summed E-state index contributed by atoms with van der Waals surface area (Å²) in [5.74, 6) is -2.54. The fraction of sp³-hybridized carbons (Fsp3) is 0.0667. The highest BCUT2D eigenvalue weighted by Gasteiger charge is 2.38. The number of nitrogens with one attached hydrogen (secondary N) is 1. The molecule has 0 saturated heterocycles. The van der Waals surface area contributed by atoms with Gasteiger partial charge in [0.2, 0.25) is 11.0 Å². The number of carbonyl (C=O) groups excluding carboxylic acids is 2. The Morgan fingerprint density at radius 2 is 2.00 bits per heavy atom. The molecule has 1 unspecified atom stereocenters. The van der Waals surface area contributed by atoms with Gasteiger partial charge < -0.3 is 5.32 Å². The van der Waals surface area contributed by atoms with Crippen molar-refractivity contribution in [3.8, 4) is 0 Å². The average molecular weight is 332 g/mol. The standard InChI is InChI=1S/C15H9FN2O4S/c16-10-3-1-2-4-11(10)17-14(19)13-9-7-8(18(21)22)5-6-12(9)23-15(13)20/h1-7,13H,(H,17,19). The summed E-state index contributed by atoms with van der Waals surface area (Å²) in [7, 11) is 0. The highest BCUT2D eigenvalue weighted by Crippen LogP contribution is 2.43. The molecule has 0 saturated carbocycles. The third-order valence-electron chi connectivity index (χ3n) is 3.36. The summed E-state index contributed by atoms with van der Waals surface area (Å²) in [6.45, 7) is 0. The van der Waals surface area contributed by atoms with Gasteiger partial charge in [0.1, 0.15) is 11.7 Å². The fourth-order valence-electron chi connectivity index (χ4n) is 2.28. The van der Waals surface area contributed by atoms with Gasteiger partial charge in [0.25, 0.3) is 5.69 Å². The summed E-state index contributed by atoms with van der Waals surface area (Å²) in [6.07, 6.45) is 0. The molecule has 1 heterocycles. The number of rotatable bonds is 3. The third-order valence-corrected chi connectivity index (χ3v) is 4.38. The number of halogens is 1. The van der Waals surface area contributed by atoms with Crippen molar-refractivity contribution in [3.63, 3.8) is 0 Å². The third kappa shape index (κ3) is 2.80. The number of hydrogen-bond acceptors (Lipinski definition) is 5. The molecule has 2 aromatic carbocycles. The molecule has 3 rings (SSSR count). The molecule has 0 spiro atoms. The predicted molar refractivity (Wildman–Crippen MR) is 81.7 cm³/mol. The SMILES string of the molecule is O=C(Nc1ccccc1F)C1C(=O)Sc2ccc([N+](=O)[O-])cc21. The minimum Gasteiger partial charge on any atom is -0.323 e. The van der Waals surface area contributed by atoms with E-state index in [0.717, 1.165) is 11.8 Å². The molecule has 2 aromatic rings. The van der Waals surface area contributed by atoms with Crippen LogP contribution in [0.3, 0.4) is 0 Å². The van der Waals surface area contributed by atoms with Crippen LogP contribution in [-0.4, -0.2) is 15.9 Å². The molecule has 0 aliphatic carbocycles. The van der Waals surface area contributed by atoms with Crippen LogP contribution in [0.2, 0.25) is 0 Å². The van der Waals surface area contributed by atoms with Crippen LogP contribution in [0.25, 0.3) is 0 Å².